The van der Waals surface area contributed by atoms with Crippen molar-refractivity contribution in [2.75, 3.05) is 4.72 Å². The lowest BCUT2D eigenvalue weighted by molar-refractivity contribution is 0.514. The van der Waals surface area contributed by atoms with Crippen LogP contribution in [-0.4, -0.2) is 28.4 Å². The molecule has 1 atom stereocenters. The monoisotopic (exact) mass is 457 g/mol. The summed E-state index contributed by atoms with van der Waals surface area (Å²) in [6.45, 7) is 0.330. The minimum absolute atomic E-state index is 0.0286. The molecule has 0 bridgehead atoms. The molecule has 1 aliphatic carbocycles. The van der Waals surface area contributed by atoms with Crippen LogP contribution in [0.15, 0.2) is 56.8 Å². The van der Waals surface area contributed by atoms with Crippen LogP contribution in [0.2, 0.25) is 0 Å². The van der Waals surface area contributed by atoms with Crippen molar-refractivity contribution in [3.63, 3.8) is 0 Å². The van der Waals surface area contributed by atoms with Gasteiger partial charge in [-0.25, -0.2) is 18.2 Å². The summed E-state index contributed by atoms with van der Waals surface area (Å²) in [5, 5.41) is 0.158. The molecule has 0 unspecified atom stereocenters. The highest BCUT2D eigenvalue weighted by molar-refractivity contribution is 7.93. The number of nitrogens with two attached hydrogens (primary N) is 1. The maximum absolute atomic E-state index is 12.6. The summed E-state index contributed by atoms with van der Waals surface area (Å²) in [7, 11) is -3.88. The van der Waals surface area contributed by atoms with Crippen molar-refractivity contribution >= 4 is 37.8 Å². The van der Waals surface area contributed by atoms with Crippen molar-refractivity contribution in [3.8, 4) is 0 Å². The van der Waals surface area contributed by atoms with Gasteiger partial charge in [0, 0.05) is 23.6 Å². The fourth-order valence-electron chi connectivity index (χ4n) is 3.96. The van der Waals surface area contributed by atoms with Crippen molar-refractivity contribution in [3.05, 3.63) is 70.0 Å². The van der Waals surface area contributed by atoms with Crippen LogP contribution in [0.25, 0.3) is 11.1 Å². The van der Waals surface area contributed by atoms with Gasteiger partial charge in [0.1, 0.15) is 6.33 Å². The predicted molar refractivity (Wildman–Crippen MR) is 117 cm³/mol. The summed E-state index contributed by atoms with van der Waals surface area (Å²) in [6.07, 6.45) is 3.91. The number of sulfonamides is 1. The van der Waals surface area contributed by atoms with E-state index >= 15 is 0 Å². The standard InChI is InChI=1S/C20H19N5O4S2/c21-14-5-4-12-2-1-3-13(16(12)8-14)10-25-17-7-6-15(9-18(17)29-20(25)26)31(27,28)24-19-22-11-23-30-19/h1-3,6-7,9,11,14H,4-5,8,10,21H2,(H,22,23,24)/t14-/m1/s1. The van der Waals surface area contributed by atoms with Crippen molar-refractivity contribution in [2.24, 2.45) is 5.73 Å². The Bertz CT molecular complexity index is 1420. The number of oxazole rings is 1. The van der Waals surface area contributed by atoms with Gasteiger partial charge in [-0.05, 0) is 48.1 Å². The lowest BCUT2D eigenvalue weighted by atomic mass is 9.85. The van der Waals surface area contributed by atoms with Gasteiger partial charge in [0.2, 0.25) is 5.13 Å². The normalized spacial score (nSPS) is 16.4. The van der Waals surface area contributed by atoms with Crippen LogP contribution < -0.4 is 16.2 Å². The van der Waals surface area contributed by atoms with Gasteiger partial charge in [0.15, 0.2) is 5.58 Å². The summed E-state index contributed by atoms with van der Waals surface area (Å²) in [5.74, 6) is -0.542. The maximum Gasteiger partial charge on any atom is 0.420 e. The molecule has 3 N–H and O–H groups in total. The van der Waals surface area contributed by atoms with E-state index in [1.165, 1.54) is 34.2 Å². The highest BCUT2D eigenvalue weighted by atomic mass is 32.2. The highest BCUT2D eigenvalue weighted by Gasteiger charge is 2.21. The van der Waals surface area contributed by atoms with E-state index in [2.05, 4.69) is 20.1 Å². The Kier molecular flexibility index (Phi) is 4.88. The summed E-state index contributed by atoms with van der Waals surface area (Å²) in [6, 6.07) is 10.6. The Morgan fingerprint density at radius 3 is 2.97 bits per heavy atom. The Hall–Kier alpha value is -3.02. The van der Waals surface area contributed by atoms with Crippen molar-refractivity contribution in [1.29, 1.82) is 0 Å². The molecule has 0 saturated carbocycles. The molecule has 5 rings (SSSR count). The Morgan fingerprint density at radius 1 is 1.29 bits per heavy atom. The molecule has 0 amide bonds. The van der Waals surface area contributed by atoms with Gasteiger partial charge < -0.3 is 10.2 Å². The SMILES string of the molecule is N[C@@H]1CCc2cccc(Cn3c(=O)oc4cc(S(=O)(=O)Nc5ncns5)ccc43)c2C1. The molecule has 2 heterocycles. The fraction of sp³-hybridized carbons (Fsp3) is 0.250. The van der Waals surface area contributed by atoms with Gasteiger partial charge in [-0.2, -0.15) is 4.37 Å². The number of anilines is 1. The second kappa shape index (κ2) is 7.59. The lowest BCUT2D eigenvalue weighted by Gasteiger charge is -2.24. The van der Waals surface area contributed by atoms with Gasteiger partial charge in [-0.15, -0.1) is 0 Å². The van der Waals surface area contributed by atoms with E-state index in [4.69, 9.17) is 10.2 Å². The molecule has 4 aromatic rings. The molecule has 2 aromatic heterocycles. The number of fused-ring (bicyclic) bond motifs is 2. The van der Waals surface area contributed by atoms with Gasteiger partial charge in [0.25, 0.3) is 10.0 Å². The predicted octanol–water partition coefficient (Wildman–Crippen LogP) is 2.11. The summed E-state index contributed by atoms with van der Waals surface area (Å²) in [4.78, 5) is 16.4. The van der Waals surface area contributed by atoms with E-state index in [1.54, 1.807) is 6.07 Å². The third-order valence-electron chi connectivity index (χ3n) is 5.48. The Morgan fingerprint density at radius 2 is 2.16 bits per heavy atom. The second-order valence-corrected chi connectivity index (χ2v) is 9.96. The summed E-state index contributed by atoms with van der Waals surface area (Å²) in [5.41, 5.74) is 10.4. The summed E-state index contributed by atoms with van der Waals surface area (Å²) < 4.78 is 38.2. The van der Waals surface area contributed by atoms with E-state index in [-0.39, 0.29) is 21.7 Å². The number of nitrogens with zero attached hydrogens (tertiary/aromatic N) is 3. The van der Waals surface area contributed by atoms with Crippen LogP contribution in [0, 0.1) is 0 Å². The molecule has 9 nitrogen and oxygen atoms in total. The molecule has 11 heteroatoms. The first-order chi connectivity index (χ1) is 14.9. The van der Waals surface area contributed by atoms with Crippen LogP contribution in [-0.2, 0) is 29.4 Å². The zero-order chi connectivity index (χ0) is 21.6. The first-order valence-corrected chi connectivity index (χ1v) is 11.9. The second-order valence-electron chi connectivity index (χ2n) is 7.49. The largest absolute Gasteiger partial charge is 0.420 e. The molecule has 0 radical (unpaired) electrons. The maximum atomic E-state index is 12.6. The molecule has 0 spiro atoms. The third-order valence-corrected chi connectivity index (χ3v) is 7.53. The topological polar surface area (TPSA) is 133 Å². The Labute approximate surface area is 181 Å². The first-order valence-electron chi connectivity index (χ1n) is 9.69. The van der Waals surface area contributed by atoms with Gasteiger partial charge in [-0.3, -0.25) is 9.29 Å². The van der Waals surface area contributed by atoms with Crippen LogP contribution in [0.5, 0.6) is 0 Å². The fourth-order valence-corrected chi connectivity index (χ4v) is 5.64. The zero-order valence-corrected chi connectivity index (χ0v) is 17.9. The number of hydrogen-bond acceptors (Lipinski definition) is 8. The minimum Gasteiger partial charge on any atom is -0.408 e. The van der Waals surface area contributed by atoms with Crippen LogP contribution in [0.3, 0.4) is 0 Å². The first kappa shape index (κ1) is 19.9. The summed E-state index contributed by atoms with van der Waals surface area (Å²) >= 11 is 0.929. The smallest absolute Gasteiger partial charge is 0.408 e. The van der Waals surface area contributed by atoms with E-state index in [1.807, 2.05) is 12.1 Å². The van der Waals surface area contributed by atoms with E-state index in [9.17, 15) is 13.2 Å². The molecule has 0 saturated heterocycles. The van der Waals surface area contributed by atoms with Gasteiger partial charge in [-0.1, -0.05) is 18.2 Å². The molecule has 1 aliphatic rings. The van der Waals surface area contributed by atoms with Crippen molar-refractivity contribution in [1.82, 2.24) is 13.9 Å². The molecular weight excluding hydrogens is 438 g/mol. The molecule has 160 valence electrons. The van der Waals surface area contributed by atoms with E-state index in [0.717, 1.165) is 36.4 Å². The van der Waals surface area contributed by atoms with Crippen LogP contribution in [0.1, 0.15) is 23.1 Å². The quantitative estimate of drug-likeness (QED) is 0.469. The molecular formula is C20H19N5O4S2. The number of aryl methyl sites for hydroxylation is 1. The van der Waals surface area contributed by atoms with Gasteiger partial charge in [0.05, 0.1) is 17.0 Å². The van der Waals surface area contributed by atoms with E-state index in [0.29, 0.717) is 12.1 Å². The average Bonchev–Trinajstić information content (AvgIpc) is 3.35. The lowest BCUT2D eigenvalue weighted by Crippen LogP contribution is -2.29. The number of aromatic nitrogens is 3. The highest BCUT2D eigenvalue weighted by Crippen LogP contribution is 2.26. The van der Waals surface area contributed by atoms with Crippen LogP contribution in [0.4, 0.5) is 5.13 Å². The Balaban J connectivity index is 1.51. The third kappa shape index (κ3) is 3.75. The van der Waals surface area contributed by atoms with Crippen molar-refractivity contribution < 1.29 is 12.8 Å². The number of benzene rings is 2. The number of hydrogen-bond donors (Lipinski definition) is 2. The van der Waals surface area contributed by atoms with Crippen molar-refractivity contribution in [2.45, 2.75) is 36.7 Å². The average molecular weight is 458 g/mol. The molecule has 0 aliphatic heterocycles. The van der Waals surface area contributed by atoms with E-state index < -0.39 is 15.8 Å². The molecule has 2 aromatic carbocycles. The van der Waals surface area contributed by atoms with Crippen LogP contribution >= 0.6 is 11.5 Å². The molecule has 31 heavy (non-hydrogen) atoms. The number of nitrogens with one attached hydrogen (secondary N) is 1. The minimum atomic E-state index is -3.88. The number of rotatable bonds is 5. The zero-order valence-electron chi connectivity index (χ0n) is 16.3. The van der Waals surface area contributed by atoms with Gasteiger partial charge >= 0.3 is 5.76 Å². The molecule has 0 fully saturated rings.